The van der Waals surface area contributed by atoms with Crippen molar-refractivity contribution in [1.82, 2.24) is 14.8 Å². The molecule has 118 valence electrons. The second-order valence-electron chi connectivity index (χ2n) is 6.43. The Morgan fingerprint density at radius 3 is 2.95 bits per heavy atom. The Labute approximate surface area is 134 Å². The van der Waals surface area contributed by atoms with Crippen LogP contribution in [0.4, 0.5) is 5.82 Å². The zero-order valence-corrected chi connectivity index (χ0v) is 13.2. The summed E-state index contributed by atoms with van der Waals surface area (Å²) in [6.07, 6.45) is 6.46. The highest BCUT2D eigenvalue weighted by atomic mass is 35.5. The van der Waals surface area contributed by atoms with Gasteiger partial charge in [-0.2, -0.15) is 5.10 Å². The second kappa shape index (κ2) is 5.32. The molecule has 4 rings (SSSR count). The third kappa shape index (κ3) is 2.15. The van der Waals surface area contributed by atoms with Gasteiger partial charge in [-0.1, -0.05) is 11.6 Å². The quantitative estimate of drug-likeness (QED) is 0.796. The number of aromatic amines is 1. The van der Waals surface area contributed by atoms with Crippen molar-refractivity contribution in [3.05, 3.63) is 33.7 Å². The first-order valence-electron chi connectivity index (χ1n) is 8.06. The first-order chi connectivity index (χ1) is 10.6. The molecule has 0 aromatic carbocycles. The van der Waals surface area contributed by atoms with Crippen LogP contribution in [0.5, 0.6) is 0 Å². The Bertz CT molecular complexity index is 705. The van der Waals surface area contributed by atoms with Crippen molar-refractivity contribution in [3.63, 3.8) is 0 Å². The van der Waals surface area contributed by atoms with Gasteiger partial charge in [0.1, 0.15) is 11.0 Å². The van der Waals surface area contributed by atoms with Crippen LogP contribution in [0.1, 0.15) is 60.3 Å². The Morgan fingerprint density at radius 1 is 1.32 bits per heavy atom. The van der Waals surface area contributed by atoms with Crippen molar-refractivity contribution < 1.29 is 5.11 Å². The van der Waals surface area contributed by atoms with E-state index in [-0.39, 0.29) is 5.92 Å². The fraction of sp³-hybridized carbons (Fsp3) is 0.562. The predicted molar refractivity (Wildman–Crippen MR) is 86.0 cm³/mol. The number of aryl methyl sites for hydroxylation is 2. The van der Waals surface area contributed by atoms with Gasteiger partial charge < -0.3 is 15.8 Å². The number of halogens is 1. The molecule has 2 atom stereocenters. The molecule has 0 radical (unpaired) electrons. The number of hydrogen-bond donors (Lipinski definition) is 3. The first-order valence-corrected chi connectivity index (χ1v) is 8.44. The molecule has 2 aliphatic carbocycles. The molecular formula is C16H21ClN4O. The number of aliphatic hydroxyl groups is 1. The van der Waals surface area contributed by atoms with E-state index in [0.717, 1.165) is 67.5 Å². The van der Waals surface area contributed by atoms with Gasteiger partial charge in [0, 0.05) is 17.2 Å². The maximum absolute atomic E-state index is 10.9. The van der Waals surface area contributed by atoms with Crippen molar-refractivity contribution in [2.24, 2.45) is 0 Å². The van der Waals surface area contributed by atoms with Crippen molar-refractivity contribution in [3.8, 4) is 0 Å². The molecule has 5 nitrogen and oxygen atoms in total. The zero-order chi connectivity index (χ0) is 15.3. The number of aromatic nitrogens is 3. The number of hydrogen-bond acceptors (Lipinski definition) is 3. The Hall–Kier alpha value is -1.46. The summed E-state index contributed by atoms with van der Waals surface area (Å²) in [5, 5.41) is 16.1. The number of H-pyrrole nitrogens is 1. The number of nitrogen functional groups attached to an aromatic ring is 1. The van der Waals surface area contributed by atoms with Gasteiger partial charge >= 0.3 is 0 Å². The van der Waals surface area contributed by atoms with Crippen LogP contribution in [0.3, 0.4) is 0 Å². The van der Waals surface area contributed by atoms with E-state index in [4.69, 9.17) is 17.3 Å². The van der Waals surface area contributed by atoms with Gasteiger partial charge in [0.15, 0.2) is 6.23 Å². The van der Waals surface area contributed by atoms with Gasteiger partial charge in [-0.15, -0.1) is 0 Å². The van der Waals surface area contributed by atoms with Gasteiger partial charge in [-0.3, -0.25) is 0 Å². The summed E-state index contributed by atoms with van der Waals surface area (Å²) in [5.41, 5.74) is 10.7. The molecule has 0 saturated carbocycles. The van der Waals surface area contributed by atoms with Crippen molar-refractivity contribution in [1.29, 1.82) is 0 Å². The molecule has 0 aliphatic heterocycles. The SMILES string of the molecule is Nc1c2c(nn1C(O)C1CCCc3[nH]c(Cl)cc31)CCCC2. The van der Waals surface area contributed by atoms with Crippen LogP contribution in [-0.2, 0) is 19.3 Å². The van der Waals surface area contributed by atoms with Gasteiger partial charge in [0.25, 0.3) is 0 Å². The minimum atomic E-state index is -0.725. The highest BCUT2D eigenvalue weighted by Gasteiger charge is 2.32. The normalized spacial score (nSPS) is 22.2. The number of fused-ring (bicyclic) bond motifs is 2. The van der Waals surface area contributed by atoms with Crippen LogP contribution in [0, 0.1) is 0 Å². The zero-order valence-electron chi connectivity index (χ0n) is 12.5. The summed E-state index contributed by atoms with van der Waals surface area (Å²) in [5.74, 6) is 0.632. The average molecular weight is 321 g/mol. The lowest BCUT2D eigenvalue weighted by Gasteiger charge is -2.27. The van der Waals surface area contributed by atoms with E-state index in [0.29, 0.717) is 11.0 Å². The number of aliphatic hydroxyl groups excluding tert-OH is 1. The molecule has 2 aromatic heterocycles. The van der Waals surface area contributed by atoms with E-state index < -0.39 is 6.23 Å². The summed E-state index contributed by atoms with van der Waals surface area (Å²) in [6, 6.07) is 1.93. The molecule has 0 fully saturated rings. The maximum atomic E-state index is 10.9. The minimum Gasteiger partial charge on any atom is -0.384 e. The van der Waals surface area contributed by atoms with Crippen molar-refractivity contribution in [2.75, 3.05) is 5.73 Å². The lowest BCUT2D eigenvalue weighted by molar-refractivity contribution is 0.0568. The Morgan fingerprint density at radius 2 is 2.14 bits per heavy atom. The maximum Gasteiger partial charge on any atom is 0.156 e. The topological polar surface area (TPSA) is 79.9 Å². The molecule has 0 amide bonds. The van der Waals surface area contributed by atoms with Crippen LogP contribution in [0.2, 0.25) is 5.15 Å². The van der Waals surface area contributed by atoms with E-state index in [2.05, 4.69) is 10.1 Å². The van der Waals surface area contributed by atoms with E-state index >= 15 is 0 Å². The van der Waals surface area contributed by atoms with Crippen LogP contribution in [0.25, 0.3) is 0 Å². The number of nitrogens with two attached hydrogens (primary N) is 1. The number of nitrogens with one attached hydrogen (secondary N) is 1. The summed E-state index contributed by atoms with van der Waals surface area (Å²) in [7, 11) is 0. The molecule has 6 heteroatoms. The average Bonchev–Trinajstić information content (AvgIpc) is 3.06. The molecule has 0 saturated heterocycles. The van der Waals surface area contributed by atoms with Crippen molar-refractivity contribution >= 4 is 17.4 Å². The number of rotatable bonds is 2. The number of nitrogens with zero attached hydrogens (tertiary/aromatic N) is 2. The third-order valence-corrected chi connectivity index (χ3v) is 5.28. The predicted octanol–water partition coefficient (Wildman–Crippen LogP) is 2.94. The summed E-state index contributed by atoms with van der Waals surface area (Å²) in [6.45, 7) is 0. The fourth-order valence-corrected chi connectivity index (χ4v) is 4.18. The molecule has 0 bridgehead atoms. The number of anilines is 1. The molecule has 4 N–H and O–H groups in total. The molecule has 0 spiro atoms. The first kappa shape index (κ1) is 14.2. The monoisotopic (exact) mass is 320 g/mol. The largest absolute Gasteiger partial charge is 0.384 e. The van der Waals surface area contributed by atoms with Crippen LogP contribution < -0.4 is 5.73 Å². The fourth-order valence-electron chi connectivity index (χ4n) is 3.95. The van der Waals surface area contributed by atoms with Crippen LogP contribution >= 0.6 is 11.6 Å². The standard InChI is InChI=1S/C16H21ClN4O/c17-14-8-11-9(5-3-7-12(11)19-14)16(22)21-15(18)10-4-1-2-6-13(10)20-21/h8-9,16,19,22H,1-7,18H2. The summed E-state index contributed by atoms with van der Waals surface area (Å²) in [4.78, 5) is 3.19. The Kier molecular flexibility index (Phi) is 3.42. The minimum absolute atomic E-state index is 0.00356. The van der Waals surface area contributed by atoms with Gasteiger partial charge in [-0.05, 0) is 56.6 Å². The van der Waals surface area contributed by atoms with Crippen molar-refractivity contribution in [2.45, 2.75) is 57.1 Å². The van der Waals surface area contributed by atoms with Crippen LogP contribution in [0.15, 0.2) is 6.07 Å². The van der Waals surface area contributed by atoms with E-state index in [1.807, 2.05) is 6.07 Å². The summed E-state index contributed by atoms with van der Waals surface area (Å²) >= 11 is 6.10. The molecule has 22 heavy (non-hydrogen) atoms. The summed E-state index contributed by atoms with van der Waals surface area (Å²) < 4.78 is 1.64. The van der Waals surface area contributed by atoms with Crippen LogP contribution in [-0.4, -0.2) is 19.9 Å². The highest BCUT2D eigenvalue weighted by molar-refractivity contribution is 6.29. The molecular weight excluding hydrogens is 300 g/mol. The molecule has 2 unspecified atom stereocenters. The molecule has 2 heterocycles. The molecule has 2 aliphatic rings. The third-order valence-electron chi connectivity index (χ3n) is 5.08. The lowest BCUT2D eigenvalue weighted by atomic mass is 9.85. The van der Waals surface area contributed by atoms with E-state index in [1.54, 1.807) is 4.68 Å². The van der Waals surface area contributed by atoms with Gasteiger partial charge in [0.05, 0.1) is 5.69 Å². The molecule has 2 aromatic rings. The second-order valence-corrected chi connectivity index (χ2v) is 6.83. The van der Waals surface area contributed by atoms with Gasteiger partial charge in [-0.25, -0.2) is 4.68 Å². The van der Waals surface area contributed by atoms with E-state index in [1.165, 1.54) is 0 Å². The van der Waals surface area contributed by atoms with E-state index in [9.17, 15) is 5.11 Å². The smallest absolute Gasteiger partial charge is 0.156 e. The Balaban J connectivity index is 1.71. The highest BCUT2D eigenvalue weighted by Crippen LogP contribution is 2.40. The van der Waals surface area contributed by atoms with Gasteiger partial charge in [0.2, 0.25) is 0 Å². The lowest BCUT2D eigenvalue weighted by Crippen LogP contribution is -2.23.